The molecule has 2 aliphatic carbocycles. The monoisotopic (exact) mass is 381 g/mol. The first-order valence-electron chi connectivity index (χ1n) is 11.0. The Morgan fingerprint density at radius 3 is 2.30 bits per heavy atom. The maximum Gasteiger partial charge on any atom is 0.412 e. The Hall–Kier alpha value is -0.810. The summed E-state index contributed by atoms with van der Waals surface area (Å²) >= 11 is 0. The summed E-state index contributed by atoms with van der Waals surface area (Å²) in [5.74, 6) is 0.903. The van der Waals surface area contributed by atoms with Gasteiger partial charge in [-0.25, -0.2) is 4.79 Å². The molecule has 0 unspecified atom stereocenters. The van der Waals surface area contributed by atoms with Gasteiger partial charge in [-0.05, 0) is 65.7 Å². The van der Waals surface area contributed by atoms with Crippen molar-refractivity contribution in [3.63, 3.8) is 0 Å². The Morgan fingerprint density at radius 1 is 1.15 bits per heavy atom. The van der Waals surface area contributed by atoms with E-state index in [2.05, 4.69) is 0 Å². The molecule has 3 rings (SSSR count). The van der Waals surface area contributed by atoms with Gasteiger partial charge in [0.05, 0.1) is 12.1 Å². The molecule has 1 saturated heterocycles. The van der Waals surface area contributed by atoms with Crippen LogP contribution >= 0.6 is 0 Å². The predicted octanol–water partition coefficient (Wildman–Crippen LogP) is 4.86. The molecule has 2 saturated carbocycles. The van der Waals surface area contributed by atoms with Crippen molar-refractivity contribution in [3.05, 3.63) is 0 Å². The van der Waals surface area contributed by atoms with Gasteiger partial charge in [-0.1, -0.05) is 38.5 Å². The summed E-state index contributed by atoms with van der Waals surface area (Å²) in [7, 11) is 0. The van der Waals surface area contributed by atoms with E-state index in [1.54, 1.807) is 4.90 Å². The zero-order valence-electron chi connectivity index (χ0n) is 17.9. The molecule has 0 bridgehead atoms. The summed E-state index contributed by atoms with van der Waals surface area (Å²) in [6, 6.07) is -0.117. The van der Waals surface area contributed by atoms with Gasteiger partial charge < -0.3 is 14.6 Å². The Balaban J connectivity index is 1.83. The Labute approximate surface area is 164 Å². The SMILES string of the molecule is CC(C)(C)OC(=O)N1[C@@H](CC2CCCCC2)[C@H]([C@H](O)C2CCC2)OC1(C)C. The van der Waals surface area contributed by atoms with Gasteiger partial charge in [-0.2, -0.15) is 0 Å². The summed E-state index contributed by atoms with van der Waals surface area (Å²) in [5, 5.41) is 11.0. The Kier molecular flexibility index (Phi) is 6.12. The van der Waals surface area contributed by atoms with Crippen molar-refractivity contribution in [1.29, 1.82) is 0 Å². The number of rotatable bonds is 4. The predicted molar refractivity (Wildman–Crippen MR) is 105 cm³/mol. The number of hydrogen-bond acceptors (Lipinski definition) is 4. The summed E-state index contributed by atoms with van der Waals surface area (Å²) in [6.07, 6.45) is 9.33. The molecule has 1 amide bonds. The normalized spacial score (nSPS) is 30.8. The first-order valence-corrected chi connectivity index (χ1v) is 11.0. The quantitative estimate of drug-likeness (QED) is 0.755. The summed E-state index contributed by atoms with van der Waals surface area (Å²) in [6.45, 7) is 9.54. The molecule has 0 spiro atoms. The van der Waals surface area contributed by atoms with Gasteiger partial charge in [0.1, 0.15) is 17.4 Å². The summed E-state index contributed by atoms with van der Waals surface area (Å²) in [4.78, 5) is 14.9. The van der Waals surface area contributed by atoms with Gasteiger partial charge in [0.2, 0.25) is 0 Å². The molecule has 156 valence electrons. The highest BCUT2D eigenvalue weighted by Crippen LogP contribution is 2.43. The third kappa shape index (κ3) is 4.79. The van der Waals surface area contributed by atoms with Gasteiger partial charge in [-0.15, -0.1) is 0 Å². The van der Waals surface area contributed by atoms with Crippen LogP contribution in [0.5, 0.6) is 0 Å². The van der Waals surface area contributed by atoms with E-state index in [1.807, 2.05) is 34.6 Å². The van der Waals surface area contributed by atoms with Crippen LogP contribution in [0.4, 0.5) is 4.79 Å². The number of nitrogens with zero attached hydrogens (tertiary/aromatic N) is 1. The number of aliphatic hydroxyl groups excluding tert-OH is 1. The molecular weight excluding hydrogens is 342 g/mol. The van der Waals surface area contributed by atoms with Crippen molar-refractivity contribution >= 4 is 6.09 Å². The highest BCUT2D eigenvalue weighted by molar-refractivity contribution is 5.70. The lowest BCUT2D eigenvalue weighted by molar-refractivity contribution is -0.120. The van der Waals surface area contributed by atoms with Gasteiger partial charge in [0.15, 0.2) is 0 Å². The van der Waals surface area contributed by atoms with Crippen LogP contribution in [0.2, 0.25) is 0 Å². The Bertz CT molecular complexity index is 517. The smallest absolute Gasteiger partial charge is 0.412 e. The van der Waals surface area contributed by atoms with Crippen molar-refractivity contribution < 1.29 is 19.4 Å². The minimum atomic E-state index is -0.767. The van der Waals surface area contributed by atoms with Crippen molar-refractivity contribution in [2.24, 2.45) is 11.8 Å². The van der Waals surface area contributed by atoms with Crippen LogP contribution in [0.15, 0.2) is 0 Å². The average molecular weight is 382 g/mol. The molecule has 1 N–H and O–H groups in total. The van der Waals surface area contributed by atoms with Crippen molar-refractivity contribution in [2.45, 2.75) is 122 Å². The van der Waals surface area contributed by atoms with Crippen LogP contribution in [0.25, 0.3) is 0 Å². The van der Waals surface area contributed by atoms with Gasteiger partial charge in [0.25, 0.3) is 0 Å². The van der Waals surface area contributed by atoms with Crippen LogP contribution in [-0.4, -0.2) is 45.7 Å². The molecule has 0 radical (unpaired) electrons. The fraction of sp³-hybridized carbons (Fsp3) is 0.955. The Morgan fingerprint density at radius 2 is 1.78 bits per heavy atom. The van der Waals surface area contributed by atoms with Gasteiger partial charge in [0, 0.05) is 0 Å². The highest BCUT2D eigenvalue weighted by Gasteiger charge is 2.55. The molecule has 1 heterocycles. The summed E-state index contributed by atoms with van der Waals surface area (Å²) in [5.41, 5.74) is -1.32. The molecule has 5 nitrogen and oxygen atoms in total. The molecule has 0 aromatic heterocycles. The van der Waals surface area contributed by atoms with E-state index >= 15 is 0 Å². The minimum absolute atomic E-state index is 0.117. The van der Waals surface area contributed by atoms with Crippen LogP contribution in [-0.2, 0) is 9.47 Å². The second-order valence-electron chi connectivity index (χ2n) is 10.4. The molecule has 3 atom stereocenters. The number of ether oxygens (including phenoxy) is 2. The van der Waals surface area contributed by atoms with E-state index < -0.39 is 17.4 Å². The number of carbonyl (C=O) groups excluding carboxylic acids is 1. The molecule has 0 aromatic carbocycles. The first-order chi connectivity index (χ1) is 12.6. The lowest BCUT2D eigenvalue weighted by atomic mass is 9.76. The average Bonchev–Trinajstić information content (AvgIpc) is 2.75. The van der Waals surface area contributed by atoms with E-state index in [1.165, 1.54) is 38.5 Å². The van der Waals surface area contributed by atoms with Gasteiger partial charge >= 0.3 is 6.09 Å². The largest absolute Gasteiger partial charge is 0.444 e. The van der Waals surface area contributed by atoms with E-state index in [0.717, 1.165) is 19.3 Å². The topological polar surface area (TPSA) is 59.0 Å². The second-order valence-corrected chi connectivity index (χ2v) is 10.4. The molecule has 1 aliphatic heterocycles. The van der Waals surface area contributed by atoms with Crippen LogP contribution in [0, 0.1) is 11.8 Å². The van der Waals surface area contributed by atoms with E-state index in [-0.39, 0.29) is 18.2 Å². The first kappa shape index (κ1) is 20.9. The number of aliphatic hydroxyl groups is 1. The number of amides is 1. The van der Waals surface area contributed by atoms with Crippen LogP contribution in [0.3, 0.4) is 0 Å². The zero-order valence-corrected chi connectivity index (χ0v) is 17.9. The molecular formula is C22H39NO4. The van der Waals surface area contributed by atoms with Crippen molar-refractivity contribution in [3.8, 4) is 0 Å². The van der Waals surface area contributed by atoms with Crippen LogP contribution < -0.4 is 0 Å². The third-order valence-electron chi connectivity index (χ3n) is 6.57. The van der Waals surface area contributed by atoms with E-state index in [4.69, 9.17) is 9.47 Å². The molecule has 27 heavy (non-hydrogen) atoms. The minimum Gasteiger partial charge on any atom is -0.444 e. The molecule has 0 aromatic rings. The molecule has 3 aliphatic rings. The van der Waals surface area contributed by atoms with Crippen LogP contribution in [0.1, 0.15) is 92.4 Å². The van der Waals surface area contributed by atoms with E-state index in [0.29, 0.717) is 11.8 Å². The highest BCUT2D eigenvalue weighted by atomic mass is 16.6. The second kappa shape index (κ2) is 7.90. The van der Waals surface area contributed by atoms with E-state index in [9.17, 15) is 9.90 Å². The maximum atomic E-state index is 13.1. The fourth-order valence-corrected chi connectivity index (χ4v) is 5.03. The van der Waals surface area contributed by atoms with Gasteiger partial charge in [-0.3, -0.25) is 4.90 Å². The fourth-order valence-electron chi connectivity index (χ4n) is 5.03. The lowest BCUT2D eigenvalue weighted by Gasteiger charge is -2.38. The maximum absolute atomic E-state index is 13.1. The number of hydrogen-bond donors (Lipinski definition) is 1. The number of carbonyl (C=O) groups is 1. The zero-order chi connectivity index (χ0) is 19.8. The third-order valence-corrected chi connectivity index (χ3v) is 6.57. The molecule has 3 fully saturated rings. The summed E-state index contributed by atoms with van der Waals surface area (Å²) < 4.78 is 12.1. The molecule has 5 heteroatoms. The van der Waals surface area contributed by atoms with Crippen molar-refractivity contribution in [2.75, 3.05) is 0 Å². The lowest BCUT2D eigenvalue weighted by Crippen LogP contribution is -2.52. The standard InChI is InChI=1S/C22H39NO4/c1-21(2,3)27-20(25)23-17(14-15-10-7-6-8-11-15)19(26-22(23,4)5)18(24)16-12-9-13-16/h15-19,24H,6-14H2,1-5H3/t17-,18+,19+/m0/s1. The van der Waals surface area contributed by atoms with Crippen molar-refractivity contribution in [1.82, 2.24) is 4.90 Å².